The molecule has 3 rings (SSSR count). The van der Waals surface area contributed by atoms with Crippen molar-refractivity contribution in [1.82, 2.24) is 4.90 Å². The van der Waals surface area contributed by atoms with E-state index in [2.05, 4.69) is 23.1 Å². The second-order valence-electron chi connectivity index (χ2n) is 5.45. The lowest BCUT2D eigenvalue weighted by molar-refractivity contribution is 0.0764. The fraction of sp³-hybridized carbons (Fsp3) is 0.412. The highest BCUT2D eigenvalue weighted by Crippen LogP contribution is 2.25. The van der Waals surface area contributed by atoms with Gasteiger partial charge in [-0.25, -0.2) is 0 Å². The molecule has 0 saturated carbocycles. The molecule has 0 bridgehead atoms. The molecule has 1 fully saturated rings. The van der Waals surface area contributed by atoms with Crippen LogP contribution < -0.4 is 4.74 Å². The zero-order valence-electron chi connectivity index (χ0n) is 11.7. The predicted molar refractivity (Wildman–Crippen MR) is 81.1 cm³/mol. The molecular formula is C17H21NO2. The smallest absolute Gasteiger partial charge is 0.127 e. The number of aliphatic hydroxyl groups excluding tert-OH is 1. The van der Waals surface area contributed by atoms with E-state index in [0.717, 1.165) is 24.2 Å². The standard InChI is InChI=1S/C17H21NO2/c19-15(12-18-10-3-4-11-18)13-20-17-9-5-7-14-6-1-2-8-16(14)17/h1-2,5-9,15,19H,3-4,10-13H2/t15-/m0/s1. The van der Waals surface area contributed by atoms with Gasteiger partial charge in [0.05, 0.1) is 0 Å². The summed E-state index contributed by atoms with van der Waals surface area (Å²) in [7, 11) is 0. The second kappa shape index (κ2) is 6.25. The number of ether oxygens (including phenoxy) is 1. The molecule has 0 spiro atoms. The molecule has 0 amide bonds. The molecular weight excluding hydrogens is 250 g/mol. The summed E-state index contributed by atoms with van der Waals surface area (Å²) >= 11 is 0. The van der Waals surface area contributed by atoms with E-state index in [9.17, 15) is 5.11 Å². The van der Waals surface area contributed by atoms with Gasteiger partial charge >= 0.3 is 0 Å². The van der Waals surface area contributed by atoms with Crippen molar-refractivity contribution >= 4 is 10.8 Å². The SMILES string of the molecule is O[C@H](COc1cccc2ccccc12)CN1CCCC1. The molecule has 1 aliphatic rings. The molecule has 0 aliphatic carbocycles. The topological polar surface area (TPSA) is 32.7 Å². The number of rotatable bonds is 5. The third-order valence-corrected chi connectivity index (χ3v) is 3.85. The third kappa shape index (κ3) is 3.11. The van der Waals surface area contributed by atoms with Gasteiger partial charge in [0, 0.05) is 11.9 Å². The lowest BCUT2D eigenvalue weighted by Gasteiger charge is -2.20. The first-order valence-electron chi connectivity index (χ1n) is 7.34. The maximum absolute atomic E-state index is 10.1. The van der Waals surface area contributed by atoms with Gasteiger partial charge < -0.3 is 14.7 Å². The van der Waals surface area contributed by atoms with E-state index in [0.29, 0.717) is 13.2 Å². The summed E-state index contributed by atoms with van der Waals surface area (Å²) in [5.74, 6) is 0.851. The van der Waals surface area contributed by atoms with Crippen molar-refractivity contribution in [2.45, 2.75) is 18.9 Å². The van der Waals surface area contributed by atoms with Gasteiger partial charge in [-0.2, -0.15) is 0 Å². The molecule has 1 heterocycles. The number of benzene rings is 2. The third-order valence-electron chi connectivity index (χ3n) is 3.85. The van der Waals surface area contributed by atoms with E-state index in [-0.39, 0.29) is 0 Å². The summed E-state index contributed by atoms with van der Waals surface area (Å²) in [6.07, 6.45) is 2.07. The Kier molecular flexibility index (Phi) is 4.19. The molecule has 1 atom stereocenters. The molecule has 2 aromatic rings. The number of hydrogen-bond donors (Lipinski definition) is 1. The van der Waals surface area contributed by atoms with E-state index in [4.69, 9.17) is 4.74 Å². The molecule has 1 aliphatic heterocycles. The average molecular weight is 271 g/mol. The fourth-order valence-corrected chi connectivity index (χ4v) is 2.82. The number of aliphatic hydroxyl groups is 1. The maximum atomic E-state index is 10.1. The molecule has 1 saturated heterocycles. The Morgan fingerprint density at radius 1 is 1.05 bits per heavy atom. The van der Waals surface area contributed by atoms with Crippen LogP contribution in [-0.4, -0.2) is 42.4 Å². The summed E-state index contributed by atoms with van der Waals surface area (Å²) < 4.78 is 5.81. The highest BCUT2D eigenvalue weighted by molar-refractivity contribution is 5.88. The van der Waals surface area contributed by atoms with Crippen LogP contribution in [0.4, 0.5) is 0 Å². The van der Waals surface area contributed by atoms with Crippen LogP contribution in [0.3, 0.4) is 0 Å². The lowest BCUT2D eigenvalue weighted by Crippen LogP contribution is -2.33. The maximum Gasteiger partial charge on any atom is 0.127 e. The van der Waals surface area contributed by atoms with Gasteiger partial charge in [-0.1, -0.05) is 36.4 Å². The van der Waals surface area contributed by atoms with Crippen LogP contribution in [-0.2, 0) is 0 Å². The average Bonchev–Trinajstić information content (AvgIpc) is 2.98. The minimum Gasteiger partial charge on any atom is -0.490 e. The summed E-state index contributed by atoms with van der Waals surface area (Å²) in [6.45, 7) is 3.27. The van der Waals surface area contributed by atoms with Crippen molar-refractivity contribution in [3.63, 3.8) is 0 Å². The van der Waals surface area contributed by atoms with Crippen molar-refractivity contribution in [2.75, 3.05) is 26.2 Å². The van der Waals surface area contributed by atoms with Crippen LogP contribution in [0.2, 0.25) is 0 Å². The molecule has 0 unspecified atom stereocenters. The summed E-state index contributed by atoms with van der Waals surface area (Å²) in [5.41, 5.74) is 0. The fourth-order valence-electron chi connectivity index (χ4n) is 2.82. The van der Waals surface area contributed by atoms with E-state index in [1.54, 1.807) is 0 Å². The largest absolute Gasteiger partial charge is 0.490 e. The zero-order valence-corrected chi connectivity index (χ0v) is 11.7. The summed E-state index contributed by atoms with van der Waals surface area (Å²) in [5, 5.41) is 12.3. The monoisotopic (exact) mass is 271 g/mol. The first-order chi connectivity index (χ1) is 9.83. The van der Waals surface area contributed by atoms with Gasteiger partial charge in [-0.05, 0) is 37.4 Å². The first kappa shape index (κ1) is 13.4. The van der Waals surface area contributed by atoms with Gasteiger partial charge in [0.25, 0.3) is 0 Å². The number of fused-ring (bicyclic) bond motifs is 1. The van der Waals surface area contributed by atoms with Gasteiger partial charge in [-0.15, -0.1) is 0 Å². The second-order valence-corrected chi connectivity index (χ2v) is 5.45. The Labute approximate surface area is 119 Å². The van der Waals surface area contributed by atoms with E-state index >= 15 is 0 Å². The molecule has 2 aromatic carbocycles. The van der Waals surface area contributed by atoms with Crippen molar-refractivity contribution in [2.24, 2.45) is 0 Å². The molecule has 3 heteroatoms. The van der Waals surface area contributed by atoms with Gasteiger partial charge in [0.2, 0.25) is 0 Å². The van der Waals surface area contributed by atoms with E-state index < -0.39 is 6.10 Å². The number of likely N-dealkylation sites (tertiary alicyclic amines) is 1. The van der Waals surface area contributed by atoms with Gasteiger partial charge in [-0.3, -0.25) is 0 Å². The van der Waals surface area contributed by atoms with Crippen LogP contribution in [0.5, 0.6) is 5.75 Å². The highest BCUT2D eigenvalue weighted by Gasteiger charge is 2.16. The molecule has 1 N–H and O–H groups in total. The molecule has 3 nitrogen and oxygen atoms in total. The quantitative estimate of drug-likeness (QED) is 0.907. The number of nitrogens with zero attached hydrogens (tertiary/aromatic N) is 1. The lowest BCUT2D eigenvalue weighted by atomic mass is 10.1. The van der Waals surface area contributed by atoms with Crippen molar-refractivity contribution < 1.29 is 9.84 Å². The minimum absolute atomic E-state index is 0.352. The highest BCUT2D eigenvalue weighted by atomic mass is 16.5. The molecule has 20 heavy (non-hydrogen) atoms. The van der Waals surface area contributed by atoms with E-state index in [1.807, 2.05) is 24.3 Å². The van der Waals surface area contributed by atoms with Crippen LogP contribution in [0.15, 0.2) is 42.5 Å². The molecule has 106 valence electrons. The van der Waals surface area contributed by atoms with Crippen LogP contribution >= 0.6 is 0 Å². The van der Waals surface area contributed by atoms with Crippen molar-refractivity contribution in [1.29, 1.82) is 0 Å². The van der Waals surface area contributed by atoms with Crippen LogP contribution in [0.25, 0.3) is 10.8 Å². The zero-order chi connectivity index (χ0) is 13.8. The Morgan fingerprint density at radius 2 is 1.80 bits per heavy atom. The Bertz CT molecular complexity index is 558. The minimum atomic E-state index is -0.424. The van der Waals surface area contributed by atoms with Gasteiger partial charge in [0.1, 0.15) is 18.5 Å². The predicted octanol–water partition coefficient (Wildman–Crippen LogP) is 2.68. The van der Waals surface area contributed by atoms with Crippen molar-refractivity contribution in [3.05, 3.63) is 42.5 Å². The Balaban J connectivity index is 1.61. The molecule has 0 radical (unpaired) electrons. The normalized spacial score (nSPS) is 17.4. The van der Waals surface area contributed by atoms with Crippen molar-refractivity contribution in [3.8, 4) is 5.75 Å². The summed E-state index contributed by atoms with van der Waals surface area (Å²) in [4.78, 5) is 2.30. The summed E-state index contributed by atoms with van der Waals surface area (Å²) in [6, 6.07) is 14.2. The Hall–Kier alpha value is -1.58. The molecule has 0 aromatic heterocycles. The number of β-amino-alcohol motifs (C(OH)–C–C–N with tert-alkyl or cyclic N) is 1. The first-order valence-corrected chi connectivity index (χ1v) is 7.34. The van der Waals surface area contributed by atoms with Crippen LogP contribution in [0, 0.1) is 0 Å². The Morgan fingerprint density at radius 3 is 2.65 bits per heavy atom. The number of hydrogen-bond acceptors (Lipinski definition) is 3. The van der Waals surface area contributed by atoms with Gasteiger partial charge in [0.15, 0.2) is 0 Å². The van der Waals surface area contributed by atoms with E-state index in [1.165, 1.54) is 18.2 Å². The van der Waals surface area contributed by atoms with Crippen LogP contribution in [0.1, 0.15) is 12.8 Å².